The molecule has 2 aromatic rings. The van der Waals surface area contributed by atoms with Gasteiger partial charge in [-0.15, -0.1) is 0 Å². The van der Waals surface area contributed by atoms with Gasteiger partial charge in [-0.05, 0) is 30.5 Å². The first-order valence-electron chi connectivity index (χ1n) is 7.28. The average Bonchev–Trinajstić information content (AvgIpc) is 2.51. The molecule has 23 heavy (non-hydrogen) atoms. The van der Waals surface area contributed by atoms with Gasteiger partial charge in [-0.3, -0.25) is 4.79 Å². The first-order chi connectivity index (χ1) is 11.0. The van der Waals surface area contributed by atoms with E-state index in [0.717, 1.165) is 6.42 Å². The Hall–Kier alpha value is -2.21. The van der Waals surface area contributed by atoms with Gasteiger partial charge < -0.3 is 10.6 Å². The number of aromatic nitrogens is 2. The number of nitrogens with one attached hydrogen (secondary N) is 2. The summed E-state index contributed by atoms with van der Waals surface area (Å²) in [7, 11) is 0. The summed E-state index contributed by atoms with van der Waals surface area (Å²) in [6.07, 6.45) is 3.73. The number of amides is 1. The molecule has 0 aliphatic rings. The highest BCUT2D eigenvalue weighted by Gasteiger charge is 2.08. The number of rotatable bonds is 6. The fraction of sp³-hybridized carbons (Fsp3) is 0.312. The molecule has 5 nitrogen and oxygen atoms in total. The maximum absolute atomic E-state index is 13.1. The van der Waals surface area contributed by atoms with Crippen LogP contribution in [0.15, 0.2) is 30.6 Å². The summed E-state index contributed by atoms with van der Waals surface area (Å²) in [5.41, 5.74) is 0.830. The molecule has 1 aromatic carbocycles. The molecule has 1 heterocycles. The summed E-state index contributed by atoms with van der Waals surface area (Å²) in [5.74, 6) is 0.216. The van der Waals surface area contributed by atoms with Crippen LogP contribution in [0.4, 0.5) is 15.9 Å². The van der Waals surface area contributed by atoms with Crippen LogP contribution in [0.2, 0.25) is 5.02 Å². The van der Waals surface area contributed by atoms with E-state index in [-0.39, 0.29) is 16.6 Å². The number of hydrogen-bond acceptors (Lipinski definition) is 4. The summed E-state index contributed by atoms with van der Waals surface area (Å²) in [4.78, 5) is 20.1. The predicted octanol–water partition coefficient (Wildman–Crippen LogP) is 3.79. The van der Waals surface area contributed by atoms with Crippen LogP contribution in [0.3, 0.4) is 0 Å². The summed E-state index contributed by atoms with van der Waals surface area (Å²) in [6, 6.07) is 4.25. The molecule has 0 saturated heterocycles. The lowest BCUT2D eigenvalue weighted by Crippen LogP contribution is -2.26. The van der Waals surface area contributed by atoms with Gasteiger partial charge in [0.25, 0.3) is 5.91 Å². The molecule has 0 atom stereocenters. The van der Waals surface area contributed by atoms with E-state index in [1.807, 2.05) is 0 Å². The van der Waals surface area contributed by atoms with Crippen LogP contribution >= 0.6 is 11.6 Å². The van der Waals surface area contributed by atoms with Crippen molar-refractivity contribution in [3.8, 4) is 0 Å². The normalized spacial score (nSPS) is 10.7. The molecule has 0 radical (unpaired) electrons. The summed E-state index contributed by atoms with van der Waals surface area (Å²) < 4.78 is 13.1. The van der Waals surface area contributed by atoms with Crippen LogP contribution in [0.5, 0.6) is 0 Å². The Morgan fingerprint density at radius 1 is 1.30 bits per heavy atom. The first kappa shape index (κ1) is 17.1. The van der Waals surface area contributed by atoms with Gasteiger partial charge in [-0.1, -0.05) is 25.4 Å². The van der Waals surface area contributed by atoms with E-state index in [0.29, 0.717) is 24.0 Å². The Balaban J connectivity index is 1.96. The number of benzene rings is 1. The molecular formula is C16H18ClFN4O. The van der Waals surface area contributed by atoms with E-state index in [1.54, 1.807) is 0 Å². The zero-order valence-corrected chi connectivity index (χ0v) is 13.7. The molecule has 7 heteroatoms. The molecule has 1 amide bonds. The van der Waals surface area contributed by atoms with Gasteiger partial charge in [0.1, 0.15) is 17.3 Å². The lowest BCUT2D eigenvalue weighted by Gasteiger charge is -2.08. The lowest BCUT2D eigenvalue weighted by molar-refractivity contribution is 0.0946. The van der Waals surface area contributed by atoms with Gasteiger partial charge >= 0.3 is 0 Å². The Bertz CT molecular complexity index is 676. The van der Waals surface area contributed by atoms with Crippen LogP contribution in [0.1, 0.15) is 30.8 Å². The van der Waals surface area contributed by atoms with Crippen LogP contribution in [0.25, 0.3) is 0 Å². The number of carbonyl (C=O) groups excluding carboxylic acids is 1. The minimum atomic E-state index is -0.489. The second-order valence-corrected chi connectivity index (χ2v) is 5.89. The Labute approximate surface area is 139 Å². The molecule has 0 aliphatic heterocycles. The quantitative estimate of drug-likeness (QED) is 0.842. The zero-order chi connectivity index (χ0) is 16.8. The van der Waals surface area contributed by atoms with E-state index >= 15 is 0 Å². The third-order valence-electron chi connectivity index (χ3n) is 3.08. The number of halogens is 2. The van der Waals surface area contributed by atoms with Crippen molar-refractivity contribution >= 4 is 29.0 Å². The molecular weight excluding hydrogens is 319 g/mol. The Morgan fingerprint density at radius 2 is 2.09 bits per heavy atom. The molecule has 2 N–H and O–H groups in total. The monoisotopic (exact) mass is 336 g/mol. The van der Waals surface area contributed by atoms with E-state index in [4.69, 9.17) is 11.6 Å². The van der Waals surface area contributed by atoms with Crippen LogP contribution in [-0.2, 0) is 0 Å². The van der Waals surface area contributed by atoms with E-state index < -0.39 is 5.82 Å². The van der Waals surface area contributed by atoms with Crippen molar-refractivity contribution in [2.45, 2.75) is 20.3 Å². The van der Waals surface area contributed by atoms with Crippen molar-refractivity contribution in [3.63, 3.8) is 0 Å². The molecule has 1 aromatic heterocycles. The molecule has 0 fully saturated rings. The standard InChI is InChI=1S/C16H18ClFN4O/c1-10(2)5-6-19-16(23)14-8-21-15(9-20-14)22-11-3-4-13(18)12(17)7-11/h3-4,7-10H,5-6H2,1-2H3,(H,19,23)(H,21,22). The predicted molar refractivity (Wildman–Crippen MR) is 88.5 cm³/mol. The zero-order valence-electron chi connectivity index (χ0n) is 12.9. The molecule has 2 rings (SSSR count). The van der Waals surface area contributed by atoms with Gasteiger partial charge in [0.05, 0.1) is 17.4 Å². The van der Waals surface area contributed by atoms with Crippen LogP contribution in [-0.4, -0.2) is 22.4 Å². The topological polar surface area (TPSA) is 66.9 Å². The van der Waals surface area contributed by atoms with Gasteiger partial charge in [0.15, 0.2) is 0 Å². The summed E-state index contributed by atoms with van der Waals surface area (Å²) >= 11 is 5.71. The van der Waals surface area contributed by atoms with Crippen molar-refractivity contribution < 1.29 is 9.18 Å². The smallest absolute Gasteiger partial charge is 0.271 e. The third-order valence-corrected chi connectivity index (χ3v) is 3.37. The molecule has 0 spiro atoms. The highest BCUT2D eigenvalue weighted by Crippen LogP contribution is 2.21. The number of anilines is 2. The largest absolute Gasteiger partial charge is 0.351 e. The van der Waals surface area contributed by atoms with E-state index in [1.165, 1.54) is 30.6 Å². The summed E-state index contributed by atoms with van der Waals surface area (Å²) in [5, 5.41) is 5.75. The fourth-order valence-corrected chi connectivity index (χ4v) is 1.98. The fourth-order valence-electron chi connectivity index (χ4n) is 1.80. The maximum Gasteiger partial charge on any atom is 0.271 e. The average molecular weight is 337 g/mol. The Kier molecular flexibility index (Phi) is 5.87. The first-order valence-corrected chi connectivity index (χ1v) is 7.66. The summed E-state index contributed by atoms with van der Waals surface area (Å²) in [6.45, 7) is 4.79. The maximum atomic E-state index is 13.1. The highest BCUT2D eigenvalue weighted by atomic mass is 35.5. The van der Waals surface area contributed by atoms with Crippen molar-refractivity contribution in [2.75, 3.05) is 11.9 Å². The molecule has 0 unspecified atom stereocenters. The van der Waals surface area contributed by atoms with Crippen LogP contribution < -0.4 is 10.6 Å². The van der Waals surface area contributed by atoms with Gasteiger partial charge in [0.2, 0.25) is 0 Å². The van der Waals surface area contributed by atoms with Crippen molar-refractivity contribution in [1.82, 2.24) is 15.3 Å². The minimum absolute atomic E-state index is 0.0177. The van der Waals surface area contributed by atoms with E-state index in [2.05, 4.69) is 34.4 Å². The minimum Gasteiger partial charge on any atom is -0.351 e. The van der Waals surface area contributed by atoms with Gasteiger partial charge in [-0.25, -0.2) is 14.4 Å². The second-order valence-electron chi connectivity index (χ2n) is 5.48. The van der Waals surface area contributed by atoms with Crippen LogP contribution in [0, 0.1) is 11.7 Å². The lowest BCUT2D eigenvalue weighted by atomic mass is 10.1. The van der Waals surface area contributed by atoms with Gasteiger partial charge in [0, 0.05) is 12.2 Å². The van der Waals surface area contributed by atoms with Gasteiger partial charge in [-0.2, -0.15) is 0 Å². The van der Waals surface area contributed by atoms with Crippen molar-refractivity contribution in [1.29, 1.82) is 0 Å². The van der Waals surface area contributed by atoms with Crippen molar-refractivity contribution in [3.05, 3.63) is 47.1 Å². The second kappa shape index (κ2) is 7.87. The molecule has 122 valence electrons. The third kappa shape index (κ3) is 5.17. The molecule has 0 saturated carbocycles. The van der Waals surface area contributed by atoms with E-state index in [9.17, 15) is 9.18 Å². The number of carbonyl (C=O) groups is 1. The molecule has 0 bridgehead atoms. The SMILES string of the molecule is CC(C)CCNC(=O)c1cnc(Nc2ccc(F)c(Cl)c2)cn1. The Morgan fingerprint density at radius 3 is 2.70 bits per heavy atom. The molecule has 0 aliphatic carbocycles. The highest BCUT2D eigenvalue weighted by molar-refractivity contribution is 6.31. The van der Waals surface area contributed by atoms with Crippen molar-refractivity contribution in [2.24, 2.45) is 5.92 Å². The number of nitrogens with zero attached hydrogens (tertiary/aromatic N) is 2. The number of hydrogen-bond donors (Lipinski definition) is 2.